The van der Waals surface area contributed by atoms with Crippen LogP contribution in [-0.4, -0.2) is 25.7 Å². The average Bonchev–Trinajstić information content (AvgIpc) is 2.64. The summed E-state index contributed by atoms with van der Waals surface area (Å²) in [4.78, 5) is 23.6. The number of carbonyl (C=O) groups is 1. The van der Waals surface area contributed by atoms with E-state index in [-0.39, 0.29) is 5.91 Å². The first kappa shape index (κ1) is 19.8. The third-order valence-electron chi connectivity index (χ3n) is 3.37. The second kappa shape index (κ2) is 8.69. The minimum Gasteiger partial charge on any atom is -0.497 e. The molecular weight excluding hydrogens is 334 g/mol. The van der Waals surface area contributed by atoms with Crippen LogP contribution < -0.4 is 14.8 Å². The predicted molar refractivity (Wildman–Crippen MR) is 98.1 cm³/mol. The van der Waals surface area contributed by atoms with Crippen molar-refractivity contribution >= 4 is 5.91 Å². The number of hydrogen-bond acceptors (Lipinski definition) is 5. The van der Waals surface area contributed by atoms with E-state index >= 15 is 0 Å². The van der Waals surface area contributed by atoms with Crippen molar-refractivity contribution in [3.8, 4) is 11.5 Å². The Kier molecular flexibility index (Phi) is 6.60. The fourth-order valence-corrected chi connectivity index (χ4v) is 2.12. The van der Waals surface area contributed by atoms with E-state index in [9.17, 15) is 4.79 Å². The van der Waals surface area contributed by atoms with Crippen LogP contribution in [0.1, 0.15) is 42.9 Å². The van der Waals surface area contributed by atoms with E-state index in [1.165, 1.54) is 14.2 Å². The van der Waals surface area contributed by atoms with Crippen LogP contribution in [0, 0.1) is 0 Å². The predicted octanol–water partition coefficient (Wildman–Crippen LogP) is 3.88. The molecule has 0 saturated carbocycles. The normalized spacial score (nSPS) is 12.3. The molecule has 1 amide bonds. The lowest BCUT2D eigenvalue weighted by Crippen LogP contribution is -2.33. The molecule has 0 saturated heterocycles. The highest BCUT2D eigenvalue weighted by molar-refractivity contribution is 5.95. The van der Waals surface area contributed by atoms with Crippen LogP contribution in [0.15, 0.2) is 48.5 Å². The zero-order chi connectivity index (χ0) is 19.2. The lowest BCUT2D eigenvalue weighted by atomic mass is 10.1. The Morgan fingerprint density at radius 3 is 2.04 bits per heavy atom. The molecule has 0 aliphatic heterocycles. The van der Waals surface area contributed by atoms with Gasteiger partial charge < -0.3 is 14.8 Å². The summed E-state index contributed by atoms with van der Waals surface area (Å²) in [5, 5.41) is 2.83. The minimum atomic E-state index is -0.764. The Morgan fingerprint density at radius 1 is 0.962 bits per heavy atom. The van der Waals surface area contributed by atoms with Crippen molar-refractivity contribution in [3.05, 3.63) is 59.7 Å². The van der Waals surface area contributed by atoms with Crippen molar-refractivity contribution < 1.29 is 24.0 Å². The zero-order valence-electron chi connectivity index (χ0n) is 15.7. The highest BCUT2D eigenvalue weighted by Gasteiger charge is 2.21. The van der Waals surface area contributed by atoms with E-state index in [1.807, 2.05) is 51.1 Å². The Hall–Kier alpha value is -2.57. The van der Waals surface area contributed by atoms with Gasteiger partial charge in [0.1, 0.15) is 11.5 Å². The molecular formula is C20H25NO5. The van der Waals surface area contributed by atoms with Crippen LogP contribution in [0.2, 0.25) is 0 Å². The number of rotatable bonds is 7. The lowest BCUT2D eigenvalue weighted by molar-refractivity contribution is -0.379. The first-order valence-corrected chi connectivity index (χ1v) is 8.26. The summed E-state index contributed by atoms with van der Waals surface area (Å²) in [6, 6.07) is 14.3. The maximum Gasteiger partial charge on any atom is 0.253 e. The van der Waals surface area contributed by atoms with Crippen LogP contribution in [0.4, 0.5) is 0 Å². The van der Waals surface area contributed by atoms with Gasteiger partial charge in [-0.25, -0.2) is 9.78 Å². The molecule has 6 heteroatoms. The number of amides is 1. The number of ether oxygens (including phenoxy) is 2. The topological polar surface area (TPSA) is 66.0 Å². The van der Waals surface area contributed by atoms with Crippen molar-refractivity contribution in [2.24, 2.45) is 0 Å². The molecule has 0 heterocycles. The van der Waals surface area contributed by atoms with E-state index < -0.39 is 11.8 Å². The first-order valence-electron chi connectivity index (χ1n) is 8.26. The number of nitrogens with one attached hydrogen (secondary N) is 1. The van der Waals surface area contributed by atoms with Crippen LogP contribution in [-0.2, 0) is 9.78 Å². The molecule has 0 unspecified atom stereocenters. The summed E-state index contributed by atoms with van der Waals surface area (Å²) >= 11 is 0. The van der Waals surface area contributed by atoms with Crippen LogP contribution in [0.25, 0.3) is 0 Å². The summed E-state index contributed by atoms with van der Waals surface area (Å²) in [6.45, 7) is 5.59. The molecule has 1 atom stereocenters. The maximum absolute atomic E-state index is 12.7. The molecule has 0 bridgehead atoms. The van der Waals surface area contributed by atoms with E-state index in [4.69, 9.17) is 19.2 Å². The van der Waals surface area contributed by atoms with Crippen molar-refractivity contribution in [3.63, 3.8) is 0 Å². The fourth-order valence-electron chi connectivity index (χ4n) is 2.12. The maximum atomic E-state index is 12.7. The number of carbonyl (C=O) groups excluding carboxylic acids is 1. The Morgan fingerprint density at radius 2 is 1.54 bits per heavy atom. The molecule has 1 N–H and O–H groups in total. The van der Waals surface area contributed by atoms with Gasteiger partial charge in [-0.1, -0.05) is 30.3 Å². The second-order valence-corrected chi connectivity index (χ2v) is 6.66. The summed E-state index contributed by atoms with van der Waals surface area (Å²) in [5.41, 5.74) is 0.637. The molecule has 0 aliphatic carbocycles. The summed E-state index contributed by atoms with van der Waals surface area (Å²) in [5.74, 6) is 0.712. The van der Waals surface area contributed by atoms with Gasteiger partial charge in [-0.2, -0.15) is 0 Å². The number of hydrogen-bond donors (Lipinski definition) is 1. The summed E-state index contributed by atoms with van der Waals surface area (Å²) in [6.07, 6.45) is -0.764. The quantitative estimate of drug-likeness (QED) is 0.462. The van der Waals surface area contributed by atoms with E-state index in [0.29, 0.717) is 17.1 Å². The molecule has 2 aromatic carbocycles. The molecule has 140 valence electrons. The highest BCUT2D eigenvalue weighted by atomic mass is 17.2. The van der Waals surface area contributed by atoms with Gasteiger partial charge in [0.25, 0.3) is 5.91 Å². The lowest BCUT2D eigenvalue weighted by Gasteiger charge is -2.24. The number of benzene rings is 2. The van der Waals surface area contributed by atoms with Gasteiger partial charge in [0.2, 0.25) is 0 Å². The highest BCUT2D eigenvalue weighted by Crippen LogP contribution is 2.24. The minimum absolute atomic E-state index is 0.339. The van der Waals surface area contributed by atoms with Gasteiger partial charge >= 0.3 is 0 Å². The summed E-state index contributed by atoms with van der Waals surface area (Å²) in [7, 11) is 3.06. The van der Waals surface area contributed by atoms with Crippen LogP contribution in [0.5, 0.6) is 11.5 Å². The van der Waals surface area contributed by atoms with E-state index in [0.717, 1.165) is 5.56 Å². The molecule has 0 radical (unpaired) electrons. The standard InChI is InChI=1S/C20H25NO5/c1-20(2,3)26-25-19(14-9-7-6-8-10-14)21-18(22)15-11-16(23-4)13-17(12-15)24-5/h6-13,19H,1-5H3,(H,21,22)/t19-/m1/s1. The van der Waals surface area contributed by atoms with Gasteiger partial charge in [-0.05, 0) is 32.9 Å². The zero-order valence-corrected chi connectivity index (χ0v) is 15.7. The van der Waals surface area contributed by atoms with Gasteiger partial charge in [0.15, 0.2) is 6.23 Å². The molecule has 0 aromatic heterocycles. The second-order valence-electron chi connectivity index (χ2n) is 6.66. The van der Waals surface area contributed by atoms with Gasteiger partial charge in [0.05, 0.1) is 19.8 Å². The SMILES string of the molecule is COc1cc(OC)cc(C(=O)N[C@H](OOC(C)(C)C)c2ccccc2)c1. The number of methoxy groups -OCH3 is 2. The van der Waals surface area contributed by atoms with E-state index in [1.54, 1.807) is 18.2 Å². The molecule has 2 aromatic rings. The van der Waals surface area contributed by atoms with Crippen molar-refractivity contribution in [2.75, 3.05) is 14.2 Å². The van der Waals surface area contributed by atoms with Gasteiger partial charge in [0, 0.05) is 17.2 Å². The molecule has 6 nitrogen and oxygen atoms in total. The fraction of sp³-hybridized carbons (Fsp3) is 0.350. The largest absolute Gasteiger partial charge is 0.497 e. The summed E-state index contributed by atoms with van der Waals surface area (Å²) < 4.78 is 10.4. The Labute approximate surface area is 154 Å². The van der Waals surface area contributed by atoms with Crippen molar-refractivity contribution in [2.45, 2.75) is 32.6 Å². The monoisotopic (exact) mass is 359 g/mol. The molecule has 0 spiro atoms. The van der Waals surface area contributed by atoms with Gasteiger partial charge in [-0.15, -0.1) is 0 Å². The smallest absolute Gasteiger partial charge is 0.253 e. The van der Waals surface area contributed by atoms with Gasteiger partial charge in [-0.3, -0.25) is 4.79 Å². The van der Waals surface area contributed by atoms with Crippen LogP contribution >= 0.6 is 0 Å². The van der Waals surface area contributed by atoms with Crippen molar-refractivity contribution in [1.82, 2.24) is 5.32 Å². The molecule has 26 heavy (non-hydrogen) atoms. The van der Waals surface area contributed by atoms with Crippen molar-refractivity contribution in [1.29, 1.82) is 0 Å². The van der Waals surface area contributed by atoms with E-state index in [2.05, 4.69) is 5.32 Å². The Bertz CT molecular complexity index is 702. The third-order valence-corrected chi connectivity index (χ3v) is 3.37. The molecule has 2 rings (SSSR count). The molecule has 0 fully saturated rings. The average molecular weight is 359 g/mol. The van der Waals surface area contributed by atoms with Crippen LogP contribution in [0.3, 0.4) is 0 Å². The first-order chi connectivity index (χ1) is 12.3. The third kappa shape index (κ3) is 5.75. The Balaban J connectivity index is 2.23. The molecule has 0 aliphatic rings.